The first-order valence-electron chi connectivity index (χ1n) is 12.6. The second-order valence-electron chi connectivity index (χ2n) is 9.54. The molecule has 0 radical (unpaired) electrons. The molecule has 0 aliphatic heterocycles. The number of ether oxygens (including phenoxy) is 1. The molecule has 35 heavy (non-hydrogen) atoms. The molecule has 186 valence electrons. The van der Waals surface area contributed by atoms with Crippen LogP contribution in [0.3, 0.4) is 0 Å². The molecule has 1 aliphatic rings. The second kappa shape index (κ2) is 11.3. The number of benzene rings is 3. The summed E-state index contributed by atoms with van der Waals surface area (Å²) in [5, 5.41) is 0. The molecule has 4 rings (SSSR count). The van der Waals surface area contributed by atoms with Crippen LogP contribution < -0.4 is 4.74 Å². The Hall–Kier alpha value is -2.82. The van der Waals surface area contributed by atoms with E-state index in [1.54, 1.807) is 42.5 Å². The fourth-order valence-corrected chi connectivity index (χ4v) is 5.07. The zero-order valence-electron chi connectivity index (χ0n) is 20.4. The SMILES string of the molecule is CCCc1ccc(-c2ccc(COc3ccc(C4CCC(CC)CC4)c(F)c3F)cc2)c(F)c1F. The molecule has 3 aromatic rings. The van der Waals surface area contributed by atoms with Crippen molar-refractivity contribution in [2.45, 2.75) is 71.3 Å². The van der Waals surface area contributed by atoms with Crippen molar-refractivity contribution in [1.82, 2.24) is 0 Å². The lowest BCUT2D eigenvalue weighted by Crippen LogP contribution is -2.14. The Morgan fingerprint density at radius 2 is 1.46 bits per heavy atom. The summed E-state index contributed by atoms with van der Waals surface area (Å²) in [6.07, 6.45) is 6.22. The molecular weight excluding hydrogens is 452 g/mol. The summed E-state index contributed by atoms with van der Waals surface area (Å²) in [5.74, 6) is -2.84. The molecule has 3 aromatic carbocycles. The standard InChI is InChI=1S/C30H32F4O/c1-3-5-23-14-15-24(28(32)27(23)31)22-12-8-20(9-13-22)18-35-26-17-16-25(29(33)30(26)34)21-10-6-19(4-2)7-11-21/h8-9,12-17,19,21H,3-7,10-11,18H2,1-2H3. The molecule has 0 atom stereocenters. The maximum absolute atomic E-state index is 14.8. The van der Waals surface area contributed by atoms with Crippen molar-refractivity contribution in [3.05, 3.63) is 88.5 Å². The van der Waals surface area contributed by atoms with Crippen LogP contribution in [0, 0.1) is 29.2 Å². The third-order valence-corrected chi connectivity index (χ3v) is 7.28. The van der Waals surface area contributed by atoms with Crippen LogP contribution in [0.15, 0.2) is 48.5 Å². The van der Waals surface area contributed by atoms with Gasteiger partial charge in [0.05, 0.1) is 0 Å². The van der Waals surface area contributed by atoms with E-state index in [-0.39, 0.29) is 23.8 Å². The summed E-state index contributed by atoms with van der Waals surface area (Å²) in [4.78, 5) is 0. The molecule has 0 saturated heterocycles. The average molecular weight is 485 g/mol. The van der Waals surface area contributed by atoms with Crippen molar-refractivity contribution < 1.29 is 22.3 Å². The molecule has 0 aromatic heterocycles. The summed E-state index contributed by atoms with van der Waals surface area (Å²) in [6, 6.07) is 13.1. The van der Waals surface area contributed by atoms with Gasteiger partial charge in [0, 0.05) is 5.56 Å². The summed E-state index contributed by atoms with van der Waals surface area (Å²) in [6.45, 7) is 4.12. The van der Waals surface area contributed by atoms with Crippen LogP contribution in [0.4, 0.5) is 17.6 Å². The molecule has 1 saturated carbocycles. The molecule has 1 aliphatic carbocycles. The first-order valence-corrected chi connectivity index (χ1v) is 12.6. The van der Waals surface area contributed by atoms with Crippen molar-refractivity contribution in [1.29, 1.82) is 0 Å². The second-order valence-corrected chi connectivity index (χ2v) is 9.54. The Kier molecular flexibility index (Phi) is 8.15. The van der Waals surface area contributed by atoms with Gasteiger partial charge >= 0.3 is 0 Å². The molecule has 0 heterocycles. The van der Waals surface area contributed by atoms with E-state index < -0.39 is 23.3 Å². The van der Waals surface area contributed by atoms with Crippen LogP contribution in [0.5, 0.6) is 5.75 Å². The summed E-state index contributed by atoms with van der Waals surface area (Å²) < 4.78 is 64.0. The molecule has 1 nitrogen and oxygen atoms in total. The van der Waals surface area contributed by atoms with Crippen LogP contribution >= 0.6 is 0 Å². The third kappa shape index (κ3) is 5.55. The maximum Gasteiger partial charge on any atom is 0.200 e. The highest BCUT2D eigenvalue weighted by atomic mass is 19.2. The smallest absolute Gasteiger partial charge is 0.200 e. The van der Waals surface area contributed by atoms with Crippen LogP contribution in [0.2, 0.25) is 0 Å². The van der Waals surface area contributed by atoms with Gasteiger partial charge in [-0.25, -0.2) is 13.2 Å². The Morgan fingerprint density at radius 3 is 2.11 bits per heavy atom. The topological polar surface area (TPSA) is 9.23 Å². The lowest BCUT2D eigenvalue weighted by atomic mass is 9.77. The minimum absolute atomic E-state index is 0.0316. The first-order chi connectivity index (χ1) is 16.9. The van der Waals surface area contributed by atoms with Crippen molar-refractivity contribution in [2.75, 3.05) is 0 Å². The number of aryl methyl sites for hydroxylation is 1. The van der Waals surface area contributed by atoms with E-state index in [4.69, 9.17) is 4.74 Å². The fourth-order valence-electron chi connectivity index (χ4n) is 5.07. The van der Waals surface area contributed by atoms with Gasteiger partial charge in [-0.2, -0.15) is 4.39 Å². The van der Waals surface area contributed by atoms with E-state index >= 15 is 0 Å². The average Bonchev–Trinajstić information content (AvgIpc) is 2.88. The van der Waals surface area contributed by atoms with Gasteiger partial charge in [-0.1, -0.05) is 69.2 Å². The lowest BCUT2D eigenvalue weighted by molar-refractivity contribution is 0.280. The molecule has 0 bridgehead atoms. The minimum Gasteiger partial charge on any atom is -0.486 e. The van der Waals surface area contributed by atoms with E-state index in [0.717, 1.165) is 38.5 Å². The third-order valence-electron chi connectivity index (χ3n) is 7.28. The number of halogens is 4. The van der Waals surface area contributed by atoms with E-state index in [1.807, 2.05) is 6.92 Å². The van der Waals surface area contributed by atoms with Crippen LogP contribution in [0.25, 0.3) is 11.1 Å². The van der Waals surface area contributed by atoms with Gasteiger partial charge in [-0.15, -0.1) is 0 Å². The van der Waals surface area contributed by atoms with Gasteiger partial charge in [0.2, 0.25) is 5.82 Å². The van der Waals surface area contributed by atoms with Crippen molar-refractivity contribution in [3.8, 4) is 16.9 Å². The largest absolute Gasteiger partial charge is 0.486 e. The molecule has 0 spiro atoms. The first kappa shape index (κ1) is 25.3. The Balaban J connectivity index is 1.42. The van der Waals surface area contributed by atoms with Gasteiger partial charge in [0.25, 0.3) is 0 Å². The zero-order valence-corrected chi connectivity index (χ0v) is 20.4. The van der Waals surface area contributed by atoms with Gasteiger partial charge in [0.15, 0.2) is 23.2 Å². The fraction of sp³-hybridized carbons (Fsp3) is 0.400. The molecule has 0 N–H and O–H groups in total. The highest BCUT2D eigenvalue weighted by molar-refractivity contribution is 5.65. The summed E-state index contributed by atoms with van der Waals surface area (Å²) in [7, 11) is 0. The monoisotopic (exact) mass is 484 g/mol. The van der Waals surface area contributed by atoms with Crippen molar-refractivity contribution >= 4 is 0 Å². The Morgan fingerprint density at radius 1 is 0.743 bits per heavy atom. The summed E-state index contributed by atoms with van der Waals surface area (Å²) in [5.41, 5.74) is 2.23. The van der Waals surface area contributed by atoms with E-state index in [0.29, 0.717) is 34.6 Å². The zero-order chi connectivity index (χ0) is 24.9. The number of hydrogen-bond acceptors (Lipinski definition) is 1. The van der Waals surface area contributed by atoms with Gasteiger partial charge < -0.3 is 4.74 Å². The number of rotatable bonds is 8. The van der Waals surface area contributed by atoms with E-state index in [9.17, 15) is 17.6 Å². The van der Waals surface area contributed by atoms with E-state index in [1.165, 1.54) is 6.07 Å². The predicted molar refractivity (Wildman–Crippen MR) is 131 cm³/mol. The molecule has 5 heteroatoms. The highest BCUT2D eigenvalue weighted by Crippen LogP contribution is 2.39. The molecular formula is C30H32F4O. The lowest BCUT2D eigenvalue weighted by Gasteiger charge is -2.28. The van der Waals surface area contributed by atoms with Gasteiger partial charge in [0.1, 0.15) is 6.61 Å². The van der Waals surface area contributed by atoms with E-state index in [2.05, 4.69) is 6.92 Å². The summed E-state index contributed by atoms with van der Waals surface area (Å²) >= 11 is 0. The molecule has 1 fully saturated rings. The quantitative estimate of drug-likeness (QED) is 0.290. The van der Waals surface area contributed by atoms with Crippen molar-refractivity contribution in [2.24, 2.45) is 5.92 Å². The maximum atomic E-state index is 14.8. The Bertz CT molecular complexity index is 1150. The van der Waals surface area contributed by atoms with Gasteiger partial charge in [-0.05, 0) is 72.3 Å². The van der Waals surface area contributed by atoms with Crippen molar-refractivity contribution in [3.63, 3.8) is 0 Å². The van der Waals surface area contributed by atoms with Crippen LogP contribution in [0.1, 0.15) is 75.0 Å². The van der Waals surface area contributed by atoms with Gasteiger partial charge in [-0.3, -0.25) is 0 Å². The molecule has 0 unspecified atom stereocenters. The Labute approximate surface area is 205 Å². The molecule has 0 amide bonds. The van der Waals surface area contributed by atoms with Crippen LogP contribution in [-0.4, -0.2) is 0 Å². The number of hydrogen-bond donors (Lipinski definition) is 0. The highest BCUT2D eigenvalue weighted by Gasteiger charge is 2.26. The van der Waals surface area contributed by atoms with Crippen LogP contribution in [-0.2, 0) is 13.0 Å². The normalized spacial score (nSPS) is 18.0. The minimum atomic E-state index is -0.957. The predicted octanol–water partition coefficient (Wildman–Crippen LogP) is 9.13.